The van der Waals surface area contributed by atoms with Crippen molar-refractivity contribution >= 4 is 22.9 Å². The number of benzene rings is 1. The second-order valence-electron chi connectivity index (χ2n) is 5.04. The fourth-order valence-corrected chi connectivity index (χ4v) is 2.90. The highest BCUT2D eigenvalue weighted by Crippen LogP contribution is 2.20. The van der Waals surface area contributed by atoms with Crippen molar-refractivity contribution < 1.29 is 4.79 Å². The van der Waals surface area contributed by atoms with Gasteiger partial charge in [0.15, 0.2) is 0 Å². The van der Waals surface area contributed by atoms with Crippen LogP contribution in [-0.2, 0) is 11.2 Å². The molecule has 0 aliphatic carbocycles. The molecule has 0 fully saturated rings. The third kappa shape index (κ3) is 3.45. The molecule has 0 bridgehead atoms. The van der Waals surface area contributed by atoms with Crippen molar-refractivity contribution in [1.29, 1.82) is 0 Å². The minimum absolute atomic E-state index is 0.0456. The third-order valence-electron chi connectivity index (χ3n) is 3.52. The van der Waals surface area contributed by atoms with Crippen molar-refractivity contribution in [2.24, 2.45) is 0 Å². The van der Waals surface area contributed by atoms with Gasteiger partial charge in [-0.2, -0.15) is 0 Å². The third-order valence-corrected chi connectivity index (χ3v) is 4.65. The number of nitrogens with zero attached hydrogens (tertiary/aromatic N) is 1. The molecule has 0 saturated heterocycles. The summed E-state index contributed by atoms with van der Waals surface area (Å²) >= 11 is 1.68. The van der Waals surface area contributed by atoms with Gasteiger partial charge in [-0.25, -0.2) is 4.98 Å². The summed E-state index contributed by atoms with van der Waals surface area (Å²) in [6.07, 6.45) is 1.18. The number of rotatable bonds is 4. The van der Waals surface area contributed by atoms with Crippen molar-refractivity contribution in [2.45, 2.75) is 40.5 Å². The number of carbonyl (C=O) groups excluding carboxylic acids is 1. The lowest BCUT2D eigenvalue weighted by Crippen LogP contribution is -2.13. The summed E-state index contributed by atoms with van der Waals surface area (Å²) in [6.45, 7) is 8.14. The van der Waals surface area contributed by atoms with Crippen molar-refractivity contribution in [2.75, 3.05) is 5.32 Å². The molecule has 106 valence electrons. The van der Waals surface area contributed by atoms with E-state index >= 15 is 0 Å². The highest BCUT2D eigenvalue weighted by Gasteiger charge is 2.09. The Kier molecular flexibility index (Phi) is 4.55. The Morgan fingerprint density at radius 1 is 1.25 bits per heavy atom. The van der Waals surface area contributed by atoms with Crippen LogP contribution in [0.25, 0.3) is 0 Å². The van der Waals surface area contributed by atoms with Gasteiger partial charge in [0.2, 0.25) is 5.91 Å². The van der Waals surface area contributed by atoms with Gasteiger partial charge in [-0.1, -0.05) is 12.1 Å². The average molecular weight is 288 g/mol. The fraction of sp³-hybridized carbons (Fsp3) is 0.375. The Bertz CT molecular complexity index is 612. The number of carbonyl (C=O) groups is 1. The summed E-state index contributed by atoms with van der Waals surface area (Å²) in [6, 6.07) is 5.95. The highest BCUT2D eigenvalue weighted by atomic mass is 32.1. The van der Waals surface area contributed by atoms with Crippen LogP contribution < -0.4 is 5.32 Å². The van der Waals surface area contributed by atoms with Crippen LogP contribution in [0.15, 0.2) is 18.2 Å². The summed E-state index contributed by atoms with van der Waals surface area (Å²) < 4.78 is 0. The average Bonchev–Trinajstić information content (AvgIpc) is 2.72. The van der Waals surface area contributed by atoms with Gasteiger partial charge in [-0.15, -0.1) is 11.3 Å². The molecule has 0 saturated carbocycles. The second-order valence-corrected chi connectivity index (χ2v) is 6.33. The van der Waals surface area contributed by atoms with Gasteiger partial charge in [0, 0.05) is 23.4 Å². The van der Waals surface area contributed by atoms with Crippen molar-refractivity contribution in [3.63, 3.8) is 0 Å². The molecule has 0 spiro atoms. The molecule has 2 rings (SSSR count). The number of hydrogen-bond acceptors (Lipinski definition) is 3. The number of nitrogens with one attached hydrogen (secondary N) is 1. The molecule has 4 heteroatoms. The Morgan fingerprint density at radius 2 is 2.00 bits per heavy atom. The molecule has 1 aromatic heterocycles. The van der Waals surface area contributed by atoms with Crippen LogP contribution in [0.2, 0.25) is 0 Å². The number of anilines is 1. The highest BCUT2D eigenvalue weighted by molar-refractivity contribution is 7.11. The standard InChI is InChI=1S/C16H20N2OS/c1-10-6-5-7-14(11(10)2)18-15(19)8-9-16-17-12(3)13(4)20-16/h5-7H,8-9H2,1-4H3,(H,18,19). The lowest BCUT2D eigenvalue weighted by Gasteiger charge is -2.09. The Hall–Kier alpha value is -1.68. The monoisotopic (exact) mass is 288 g/mol. The van der Waals surface area contributed by atoms with E-state index in [0.717, 1.165) is 22.0 Å². The van der Waals surface area contributed by atoms with Gasteiger partial charge in [0.1, 0.15) is 0 Å². The first-order valence-electron chi connectivity index (χ1n) is 6.76. The lowest BCUT2D eigenvalue weighted by atomic mass is 10.1. The zero-order valence-electron chi connectivity index (χ0n) is 12.4. The van der Waals surface area contributed by atoms with E-state index in [2.05, 4.69) is 17.2 Å². The normalized spacial score (nSPS) is 10.6. The zero-order valence-corrected chi connectivity index (χ0v) is 13.2. The SMILES string of the molecule is Cc1cccc(NC(=O)CCc2nc(C)c(C)s2)c1C. The molecule has 0 atom stereocenters. The fourth-order valence-electron chi connectivity index (χ4n) is 1.97. The maximum Gasteiger partial charge on any atom is 0.224 e. The Labute approximate surface area is 124 Å². The Morgan fingerprint density at radius 3 is 2.65 bits per heavy atom. The number of aromatic nitrogens is 1. The van der Waals surface area contributed by atoms with Crippen LogP contribution in [0.1, 0.15) is 33.1 Å². The molecule has 1 aromatic carbocycles. The summed E-state index contributed by atoms with van der Waals surface area (Å²) in [7, 11) is 0. The molecule has 1 N–H and O–H groups in total. The molecule has 20 heavy (non-hydrogen) atoms. The van der Waals surface area contributed by atoms with Gasteiger partial charge in [0.25, 0.3) is 0 Å². The van der Waals surface area contributed by atoms with Gasteiger partial charge < -0.3 is 5.32 Å². The van der Waals surface area contributed by atoms with E-state index < -0.39 is 0 Å². The molecule has 3 nitrogen and oxygen atoms in total. The van der Waals surface area contributed by atoms with Gasteiger partial charge in [-0.3, -0.25) is 4.79 Å². The minimum atomic E-state index is 0.0456. The van der Waals surface area contributed by atoms with Gasteiger partial charge in [0.05, 0.1) is 10.7 Å². The topological polar surface area (TPSA) is 42.0 Å². The number of thiazole rings is 1. The van der Waals surface area contributed by atoms with Crippen LogP contribution >= 0.6 is 11.3 Å². The predicted octanol–water partition coefficient (Wildman–Crippen LogP) is 3.95. The summed E-state index contributed by atoms with van der Waals surface area (Å²) in [5.74, 6) is 0.0456. The Balaban J connectivity index is 1.94. The molecule has 2 aromatic rings. The van der Waals surface area contributed by atoms with Crippen molar-refractivity contribution in [3.8, 4) is 0 Å². The van der Waals surface area contributed by atoms with Gasteiger partial charge in [-0.05, 0) is 44.9 Å². The summed E-state index contributed by atoms with van der Waals surface area (Å²) in [5.41, 5.74) is 4.29. The molecule has 0 aliphatic rings. The van der Waals surface area contributed by atoms with Crippen LogP contribution in [0.3, 0.4) is 0 Å². The number of aryl methyl sites for hydroxylation is 4. The first-order chi connectivity index (χ1) is 9.47. The first-order valence-corrected chi connectivity index (χ1v) is 7.58. The quantitative estimate of drug-likeness (QED) is 0.925. The molecule has 0 unspecified atom stereocenters. The van der Waals surface area contributed by atoms with Crippen molar-refractivity contribution in [3.05, 3.63) is 44.9 Å². The zero-order chi connectivity index (χ0) is 14.7. The first kappa shape index (κ1) is 14.7. The predicted molar refractivity (Wildman–Crippen MR) is 84.5 cm³/mol. The van der Waals surface area contributed by atoms with E-state index in [4.69, 9.17) is 0 Å². The number of hydrogen-bond donors (Lipinski definition) is 1. The van der Waals surface area contributed by atoms with E-state index in [0.29, 0.717) is 12.8 Å². The largest absolute Gasteiger partial charge is 0.326 e. The van der Waals surface area contributed by atoms with Crippen LogP contribution in [0, 0.1) is 27.7 Å². The van der Waals surface area contributed by atoms with Crippen LogP contribution in [0.5, 0.6) is 0 Å². The van der Waals surface area contributed by atoms with E-state index in [1.165, 1.54) is 10.4 Å². The van der Waals surface area contributed by atoms with E-state index in [1.54, 1.807) is 11.3 Å². The molecular weight excluding hydrogens is 268 g/mol. The number of amides is 1. The maximum atomic E-state index is 12.0. The minimum Gasteiger partial charge on any atom is -0.326 e. The van der Waals surface area contributed by atoms with Gasteiger partial charge >= 0.3 is 0 Å². The smallest absolute Gasteiger partial charge is 0.224 e. The second kappa shape index (κ2) is 6.18. The molecule has 1 amide bonds. The van der Waals surface area contributed by atoms with E-state index in [1.807, 2.05) is 39.0 Å². The molecule has 0 radical (unpaired) electrons. The van der Waals surface area contributed by atoms with Crippen LogP contribution in [-0.4, -0.2) is 10.9 Å². The maximum absolute atomic E-state index is 12.0. The molecule has 1 heterocycles. The van der Waals surface area contributed by atoms with E-state index in [-0.39, 0.29) is 5.91 Å². The van der Waals surface area contributed by atoms with Crippen LogP contribution in [0.4, 0.5) is 5.69 Å². The summed E-state index contributed by atoms with van der Waals surface area (Å²) in [4.78, 5) is 17.7. The molecular formula is C16H20N2OS. The lowest BCUT2D eigenvalue weighted by molar-refractivity contribution is -0.116. The molecule has 0 aliphatic heterocycles. The van der Waals surface area contributed by atoms with Crippen molar-refractivity contribution in [1.82, 2.24) is 4.98 Å². The van der Waals surface area contributed by atoms with E-state index in [9.17, 15) is 4.79 Å². The summed E-state index contributed by atoms with van der Waals surface area (Å²) in [5, 5.41) is 4.02.